The lowest BCUT2D eigenvalue weighted by atomic mass is 10.1. The maximum absolute atomic E-state index is 12.7. The van der Waals surface area contributed by atoms with Crippen molar-refractivity contribution in [2.24, 2.45) is 0 Å². The van der Waals surface area contributed by atoms with Gasteiger partial charge in [-0.3, -0.25) is 4.79 Å². The van der Waals surface area contributed by atoms with E-state index in [0.29, 0.717) is 13.1 Å². The SMILES string of the molecule is CCNc1cc(C)ccc1C(=O)N1C[C@@H](C)O[C@@H](C)C1. The fourth-order valence-electron chi connectivity index (χ4n) is 2.70. The smallest absolute Gasteiger partial charge is 0.256 e. The molecule has 1 aliphatic heterocycles. The van der Waals surface area contributed by atoms with Crippen LogP contribution in [-0.2, 0) is 4.74 Å². The van der Waals surface area contributed by atoms with Crippen molar-refractivity contribution in [2.75, 3.05) is 25.0 Å². The first-order chi connectivity index (χ1) is 9.51. The first kappa shape index (κ1) is 14.9. The number of morpholine rings is 1. The van der Waals surface area contributed by atoms with Crippen molar-refractivity contribution in [3.8, 4) is 0 Å². The fourth-order valence-corrected chi connectivity index (χ4v) is 2.70. The summed E-state index contributed by atoms with van der Waals surface area (Å²) >= 11 is 0. The summed E-state index contributed by atoms with van der Waals surface area (Å²) in [5, 5.41) is 3.28. The first-order valence-electron chi connectivity index (χ1n) is 7.30. The second-order valence-electron chi connectivity index (χ2n) is 5.55. The molecular weight excluding hydrogens is 252 g/mol. The molecule has 0 saturated carbocycles. The molecule has 4 heteroatoms. The quantitative estimate of drug-likeness (QED) is 0.923. The van der Waals surface area contributed by atoms with Crippen LogP contribution < -0.4 is 5.32 Å². The van der Waals surface area contributed by atoms with Gasteiger partial charge in [-0.25, -0.2) is 0 Å². The van der Waals surface area contributed by atoms with Crippen molar-refractivity contribution < 1.29 is 9.53 Å². The van der Waals surface area contributed by atoms with Gasteiger partial charge in [0.15, 0.2) is 0 Å². The van der Waals surface area contributed by atoms with Gasteiger partial charge in [-0.05, 0) is 45.4 Å². The average Bonchev–Trinajstić information content (AvgIpc) is 2.37. The summed E-state index contributed by atoms with van der Waals surface area (Å²) in [5.41, 5.74) is 2.82. The van der Waals surface area contributed by atoms with E-state index in [1.165, 1.54) is 0 Å². The molecule has 1 fully saturated rings. The summed E-state index contributed by atoms with van der Waals surface area (Å²) in [5.74, 6) is 0.0861. The van der Waals surface area contributed by atoms with Gasteiger partial charge in [0.2, 0.25) is 0 Å². The van der Waals surface area contributed by atoms with E-state index in [2.05, 4.69) is 5.32 Å². The maximum atomic E-state index is 12.7. The molecule has 2 rings (SSSR count). The molecule has 1 aromatic carbocycles. The van der Waals surface area contributed by atoms with Crippen molar-refractivity contribution >= 4 is 11.6 Å². The van der Waals surface area contributed by atoms with Crippen LogP contribution >= 0.6 is 0 Å². The second-order valence-corrected chi connectivity index (χ2v) is 5.55. The van der Waals surface area contributed by atoms with E-state index >= 15 is 0 Å². The van der Waals surface area contributed by atoms with Crippen LogP contribution in [0.25, 0.3) is 0 Å². The molecule has 1 aliphatic rings. The van der Waals surface area contributed by atoms with E-state index < -0.39 is 0 Å². The van der Waals surface area contributed by atoms with Gasteiger partial charge in [0.1, 0.15) is 0 Å². The summed E-state index contributed by atoms with van der Waals surface area (Å²) in [6.07, 6.45) is 0.187. The van der Waals surface area contributed by atoms with Crippen molar-refractivity contribution in [3.63, 3.8) is 0 Å². The number of rotatable bonds is 3. The minimum absolute atomic E-state index is 0.0861. The molecule has 1 amide bonds. The molecule has 0 radical (unpaired) electrons. The Morgan fingerprint density at radius 1 is 1.35 bits per heavy atom. The zero-order valence-electron chi connectivity index (χ0n) is 12.8. The zero-order valence-corrected chi connectivity index (χ0v) is 12.8. The Hall–Kier alpha value is -1.55. The van der Waals surface area contributed by atoms with Gasteiger partial charge in [0.25, 0.3) is 5.91 Å². The van der Waals surface area contributed by atoms with E-state index in [9.17, 15) is 4.79 Å². The monoisotopic (exact) mass is 276 g/mol. The van der Waals surface area contributed by atoms with Crippen LogP contribution in [0.1, 0.15) is 36.7 Å². The highest BCUT2D eigenvalue weighted by Gasteiger charge is 2.27. The average molecular weight is 276 g/mol. The fraction of sp³-hybridized carbons (Fsp3) is 0.562. The zero-order chi connectivity index (χ0) is 14.7. The van der Waals surface area contributed by atoms with Gasteiger partial charge in [-0.2, -0.15) is 0 Å². The third kappa shape index (κ3) is 3.31. The molecule has 0 aliphatic carbocycles. The molecular formula is C16H24N2O2. The highest BCUT2D eigenvalue weighted by Crippen LogP contribution is 2.21. The van der Waals surface area contributed by atoms with Crippen LogP contribution in [0, 0.1) is 6.92 Å². The van der Waals surface area contributed by atoms with Crippen LogP contribution in [0.4, 0.5) is 5.69 Å². The summed E-state index contributed by atoms with van der Waals surface area (Å²) < 4.78 is 5.69. The standard InChI is InChI=1S/C16H24N2O2/c1-5-17-15-8-11(2)6-7-14(15)16(19)18-9-12(3)20-13(4)10-18/h6-8,12-13,17H,5,9-10H2,1-4H3/t12-,13+. The summed E-state index contributed by atoms with van der Waals surface area (Å²) in [4.78, 5) is 14.6. The van der Waals surface area contributed by atoms with Gasteiger partial charge in [-0.1, -0.05) is 6.07 Å². The van der Waals surface area contributed by atoms with Crippen molar-refractivity contribution in [1.29, 1.82) is 0 Å². The number of nitrogens with zero attached hydrogens (tertiary/aromatic N) is 1. The Morgan fingerprint density at radius 3 is 2.60 bits per heavy atom. The van der Waals surface area contributed by atoms with Gasteiger partial charge in [0, 0.05) is 25.3 Å². The van der Waals surface area contributed by atoms with Gasteiger partial charge < -0.3 is 15.0 Å². The van der Waals surface area contributed by atoms with Crippen molar-refractivity contribution in [2.45, 2.75) is 39.9 Å². The number of nitrogens with one attached hydrogen (secondary N) is 1. The Kier molecular flexibility index (Phi) is 4.65. The molecule has 2 atom stereocenters. The Labute approximate surface area is 121 Å². The molecule has 0 spiro atoms. The Bertz CT molecular complexity index is 477. The Morgan fingerprint density at radius 2 is 2.00 bits per heavy atom. The van der Waals surface area contributed by atoms with E-state index in [0.717, 1.165) is 23.4 Å². The number of ether oxygens (including phenoxy) is 1. The largest absolute Gasteiger partial charge is 0.385 e. The van der Waals surface area contributed by atoms with Gasteiger partial charge in [-0.15, -0.1) is 0 Å². The number of benzene rings is 1. The number of carbonyl (C=O) groups is 1. The van der Waals surface area contributed by atoms with E-state index in [-0.39, 0.29) is 18.1 Å². The van der Waals surface area contributed by atoms with Gasteiger partial charge >= 0.3 is 0 Å². The predicted octanol–water partition coefficient (Wildman–Crippen LogP) is 2.68. The van der Waals surface area contributed by atoms with Crippen LogP contribution in [0.5, 0.6) is 0 Å². The predicted molar refractivity (Wildman–Crippen MR) is 81.3 cm³/mol. The minimum Gasteiger partial charge on any atom is -0.385 e. The highest BCUT2D eigenvalue weighted by molar-refractivity contribution is 5.99. The lowest BCUT2D eigenvalue weighted by molar-refractivity contribution is -0.0585. The number of aryl methyl sites for hydroxylation is 1. The first-order valence-corrected chi connectivity index (χ1v) is 7.30. The molecule has 0 unspecified atom stereocenters. The minimum atomic E-state index is 0.0861. The van der Waals surface area contributed by atoms with E-state index in [4.69, 9.17) is 4.74 Å². The lowest BCUT2D eigenvalue weighted by Gasteiger charge is -2.35. The van der Waals surface area contributed by atoms with E-state index in [1.807, 2.05) is 50.8 Å². The number of anilines is 1. The molecule has 20 heavy (non-hydrogen) atoms. The second kappa shape index (κ2) is 6.27. The highest BCUT2D eigenvalue weighted by atomic mass is 16.5. The normalized spacial score (nSPS) is 22.7. The van der Waals surface area contributed by atoms with Crippen LogP contribution in [0.15, 0.2) is 18.2 Å². The lowest BCUT2D eigenvalue weighted by Crippen LogP contribution is -2.48. The van der Waals surface area contributed by atoms with Crippen molar-refractivity contribution in [1.82, 2.24) is 4.90 Å². The molecule has 1 saturated heterocycles. The van der Waals surface area contributed by atoms with Gasteiger partial charge in [0.05, 0.1) is 17.8 Å². The number of hydrogen-bond donors (Lipinski definition) is 1. The number of amides is 1. The van der Waals surface area contributed by atoms with Crippen LogP contribution in [0.2, 0.25) is 0 Å². The summed E-state index contributed by atoms with van der Waals surface area (Å²) in [7, 11) is 0. The molecule has 0 aromatic heterocycles. The van der Waals surface area contributed by atoms with E-state index in [1.54, 1.807) is 0 Å². The molecule has 110 valence electrons. The number of hydrogen-bond acceptors (Lipinski definition) is 3. The third-order valence-corrected chi connectivity index (χ3v) is 3.48. The Balaban J connectivity index is 2.24. The molecule has 1 aromatic rings. The van der Waals surface area contributed by atoms with Crippen molar-refractivity contribution in [3.05, 3.63) is 29.3 Å². The number of carbonyl (C=O) groups excluding carboxylic acids is 1. The summed E-state index contributed by atoms with van der Waals surface area (Å²) in [6, 6.07) is 5.94. The summed E-state index contributed by atoms with van der Waals surface area (Å²) in [6.45, 7) is 10.2. The van der Waals surface area contributed by atoms with Crippen LogP contribution in [0.3, 0.4) is 0 Å². The molecule has 1 heterocycles. The van der Waals surface area contributed by atoms with Crippen LogP contribution in [-0.4, -0.2) is 42.6 Å². The molecule has 4 nitrogen and oxygen atoms in total. The topological polar surface area (TPSA) is 41.6 Å². The maximum Gasteiger partial charge on any atom is 0.256 e. The molecule has 1 N–H and O–H groups in total. The molecule has 0 bridgehead atoms. The third-order valence-electron chi connectivity index (χ3n) is 3.48.